The van der Waals surface area contributed by atoms with Gasteiger partial charge in [0.1, 0.15) is 11.8 Å². The zero-order valence-electron chi connectivity index (χ0n) is 8.57. The molecular weight excluding hydrogens is 226 g/mol. The van der Waals surface area contributed by atoms with Crippen LogP contribution in [0.15, 0.2) is 16.5 Å². The monoisotopic (exact) mass is 235 g/mol. The number of nitrogens with zero attached hydrogens (tertiary/aromatic N) is 1. The number of carbonyl (C=O) groups is 1. The summed E-state index contributed by atoms with van der Waals surface area (Å²) in [5.74, 6) is 1.25. The van der Waals surface area contributed by atoms with Gasteiger partial charge in [0.05, 0.1) is 5.02 Å². The highest BCUT2D eigenvalue weighted by molar-refractivity contribution is 6.34. The molecule has 3 rings (SSSR count). The Morgan fingerprint density at radius 3 is 3.00 bits per heavy atom. The molecule has 0 amide bonds. The molecule has 0 unspecified atom stereocenters. The Labute approximate surface area is 97.4 Å². The van der Waals surface area contributed by atoms with E-state index in [1.807, 2.05) is 6.07 Å². The largest absolute Gasteiger partial charge is 0.439 e. The third-order valence-corrected chi connectivity index (χ3v) is 3.05. The Balaban J connectivity index is 2.13. The van der Waals surface area contributed by atoms with E-state index in [4.69, 9.17) is 16.0 Å². The summed E-state index contributed by atoms with van der Waals surface area (Å²) in [6.07, 6.45) is 3.51. The molecule has 0 N–H and O–H groups in total. The fourth-order valence-electron chi connectivity index (χ4n) is 1.78. The topological polar surface area (TPSA) is 43.1 Å². The highest BCUT2D eigenvalue weighted by atomic mass is 35.5. The average molecular weight is 236 g/mol. The van der Waals surface area contributed by atoms with E-state index in [0.29, 0.717) is 22.9 Å². The van der Waals surface area contributed by atoms with E-state index in [1.165, 1.54) is 0 Å². The lowest BCUT2D eigenvalue weighted by molar-refractivity contribution is -0.107. The zero-order chi connectivity index (χ0) is 11.1. The van der Waals surface area contributed by atoms with E-state index in [9.17, 15) is 4.79 Å². The van der Waals surface area contributed by atoms with Crippen LogP contribution in [0.2, 0.25) is 5.02 Å². The lowest BCUT2D eigenvalue weighted by Gasteiger charge is -1.96. The second-order valence-corrected chi connectivity index (χ2v) is 4.53. The molecule has 82 valence electrons. The molecule has 0 atom stereocenters. The van der Waals surface area contributed by atoms with Crippen molar-refractivity contribution < 1.29 is 9.21 Å². The van der Waals surface area contributed by atoms with Crippen LogP contribution in [0, 0.1) is 0 Å². The van der Waals surface area contributed by atoms with Crippen molar-refractivity contribution in [3.8, 4) is 0 Å². The first-order valence-electron chi connectivity index (χ1n) is 5.30. The molecule has 3 nitrogen and oxygen atoms in total. The summed E-state index contributed by atoms with van der Waals surface area (Å²) >= 11 is 6.09. The molecule has 4 heteroatoms. The minimum Gasteiger partial charge on any atom is -0.439 e. The molecule has 0 aliphatic heterocycles. The normalized spacial score (nSPS) is 15.6. The molecule has 16 heavy (non-hydrogen) atoms. The Bertz CT molecular complexity index is 557. The number of rotatable bonds is 3. The fraction of sp³-hybridized carbons (Fsp3) is 0.333. The second-order valence-electron chi connectivity index (χ2n) is 4.12. The van der Waals surface area contributed by atoms with Crippen molar-refractivity contribution in [2.45, 2.75) is 25.2 Å². The van der Waals surface area contributed by atoms with Crippen molar-refractivity contribution in [2.24, 2.45) is 0 Å². The standard InChI is InChI=1S/C12H10ClNO2/c13-9-5-7(3-4-15)6-10-11(9)16-12(14-10)8-1-2-8/h4-6,8H,1-3H2. The summed E-state index contributed by atoms with van der Waals surface area (Å²) in [6.45, 7) is 0. The quantitative estimate of drug-likeness (QED) is 0.768. The summed E-state index contributed by atoms with van der Waals surface area (Å²) < 4.78 is 5.62. The highest BCUT2D eigenvalue weighted by Gasteiger charge is 2.29. The van der Waals surface area contributed by atoms with E-state index in [-0.39, 0.29) is 0 Å². The summed E-state index contributed by atoms with van der Waals surface area (Å²) in [5, 5.41) is 0.536. The molecule has 0 saturated heterocycles. The van der Waals surface area contributed by atoms with Crippen molar-refractivity contribution in [3.05, 3.63) is 28.6 Å². The maximum absolute atomic E-state index is 10.5. The highest BCUT2D eigenvalue weighted by Crippen LogP contribution is 2.41. The second kappa shape index (κ2) is 3.59. The average Bonchev–Trinajstić information content (AvgIpc) is 3.00. The number of benzene rings is 1. The van der Waals surface area contributed by atoms with Gasteiger partial charge in [-0.25, -0.2) is 4.98 Å². The van der Waals surface area contributed by atoms with Crippen molar-refractivity contribution in [1.29, 1.82) is 0 Å². The van der Waals surface area contributed by atoms with Gasteiger partial charge in [0.25, 0.3) is 0 Å². The number of hydrogen-bond acceptors (Lipinski definition) is 3. The first-order valence-corrected chi connectivity index (χ1v) is 5.68. The number of aromatic nitrogens is 1. The van der Waals surface area contributed by atoms with Gasteiger partial charge in [0.15, 0.2) is 11.5 Å². The Kier molecular flexibility index (Phi) is 2.21. The lowest BCUT2D eigenvalue weighted by Crippen LogP contribution is -1.85. The van der Waals surface area contributed by atoms with Gasteiger partial charge in [-0.2, -0.15) is 0 Å². The molecule has 0 bridgehead atoms. The summed E-state index contributed by atoms with van der Waals surface area (Å²) in [5.41, 5.74) is 2.27. The molecule has 1 aromatic heterocycles. The number of oxazole rings is 1. The van der Waals surface area contributed by atoms with Crippen LogP contribution in [0.4, 0.5) is 0 Å². The maximum Gasteiger partial charge on any atom is 0.198 e. The number of halogens is 1. The summed E-state index contributed by atoms with van der Waals surface area (Å²) in [7, 11) is 0. The van der Waals surface area contributed by atoms with Gasteiger partial charge in [-0.1, -0.05) is 11.6 Å². The molecule has 1 aliphatic carbocycles. The van der Waals surface area contributed by atoms with Crippen molar-refractivity contribution in [2.75, 3.05) is 0 Å². The minimum atomic E-state index is 0.362. The minimum absolute atomic E-state index is 0.362. The van der Waals surface area contributed by atoms with E-state index < -0.39 is 0 Å². The van der Waals surface area contributed by atoms with Crippen LogP contribution in [0.1, 0.15) is 30.2 Å². The molecule has 1 fully saturated rings. The number of hydrogen-bond donors (Lipinski definition) is 0. The van der Waals surface area contributed by atoms with Crippen LogP contribution in [0.5, 0.6) is 0 Å². The van der Waals surface area contributed by atoms with Crippen LogP contribution >= 0.6 is 11.6 Å². The number of fused-ring (bicyclic) bond motifs is 1. The van der Waals surface area contributed by atoms with Gasteiger partial charge >= 0.3 is 0 Å². The molecule has 1 aromatic carbocycles. The Morgan fingerprint density at radius 2 is 2.31 bits per heavy atom. The molecule has 1 aliphatic rings. The van der Waals surface area contributed by atoms with E-state index in [0.717, 1.165) is 36.1 Å². The summed E-state index contributed by atoms with van der Waals surface area (Å²) in [4.78, 5) is 14.9. The van der Waals surface area contributed by atoms with Gasteiger partial charge in [-0.3, -0.25) is 0 Å². The van der Waals surface area contributed by atoms with E-state index in [1.54, 1.807) is 6.07 Å². The zero-order valence-corrected chi connectivity index (χ0v) is 9.33. The fourth-order valence-corrected chi connectivity index (χ4v) is 2.06. The smallest absolute Gasteiger partial charge is 0.198 e. The van der Waals surface area contributed by atoms with Gasteiger partial charge in [0, 0.05) is 12.3 Å². The Morgan fingerprint density at radius 1 is 1.50 bits per heavy atom. The number of aldehydes is 1. The van der Waals surface area contributed by atoms with Crippen molar-refractivity contribution >= 4 is 29.0 Å². The molecular formula is C12H10ClNO2. The van der Waals surface area contributed by atoms with Gasteiger partial charge in [-0.15, -0.1) is 0 Å². The van der Waals surface area contributed by atoms with Crippen molar-refractivity contribution in [1.82, 2.24) is 4.98 Å². The van der Waals surface area contributed by atoms with Crippen LogP contribution in [-0.2, 0) is 11.2 Å². The molecule has 0 spiro atoms. The van der Waals surface area contributed by atoms with E-state index in [2.05, 4.69) is 4.98 Å². The SMILES string of the molecule is O=CCc1cc(Cl)c2oc(C3CC3)nc2c1. The van der Waals surface area contributed by atoms with Crippen LogP contribution in [0.3, 0.4) is 0 Å². The van der Waals surface area contributed by atoms with Crippen LogP contribution < -0.4 is 0 Å². The maximum atomic E-state index is 10.5. The molecule has 0 radical (unpaired) electrons. The predicted octanol–water partition coefficient (Wildman–Crippen LogP) is 3.10. The Hall–Kier alpha value is -1.35. The third-order valence-electron chi connectivity index (χ3n) is 2.77. The van der Waals surface area contributed by atoms with Crippen LogP contribution in [-0.4, -0.2) is 11.3 Å². The molecule has 1 saturated carbocycles. The van der Waals surface area contributed by atoms with E-state index >= 15 is 0 Å². The van der Waals surface area contributed by atoms with Gasteiger partial charge in [0.2, 0.25) is 0 Å². The van der Waals surface area contributed by atoms with Gasteiger partial charge < -0.3 is 9.21 Å². The van der Waals surface area contributed by atoms with Crippen LogP contribution in [0.25, 0.3) is 11.1 Å². The molecule has 2 aromatic rings. The predicted molar refractivity (Wildman–Crippen MR) is 60.8 cm³/mol. The third kappa shape index (κ3) is 1.61. The summed E-state index contributed by atoms with van der Waals surface area (Å²) in [6, 6.07) is 3.63. The van der Waals surface area contributed by atoms with Crippen molar-refractivity contribution in [3.63, 3.8) is 0 Å². The first kappa shape index (κ1) is 9.85. The molecule has 1 heterocycles. The number of carbonyl (C=O) groups excluding carboxylic acids is 1. The first-order chi connectivity index (χ1) is 7.78. The lowest BCUT2D eigenvalue weighted by atomic mass is 10.1. The van der Waals surface area contributed by atoms with Gasteiger partial charge in [-0.05, 0) is 30.5 Å².